The molecule has 7 heteroatoms. The molecule has 24 heavy (non-hydrogen) atoms. The zero-order valence-corrected chi connectivity index (χ0v) is 17.4. The molecule has 0 atom stereocenters. The van der Waals surface area contributed by atoms with Gasteiger partial charge in [-0.15, -0.1) is 24.0 Å². The molecule has 5 nitrogen and oxygen atoms in total. The van der Waals surface area contributed by atoms with Gasteiger partial charge in [0.1, 0.15) is 12.4 Å². The quantitative estimate of drug-likeness (QED) is 0.301. The van der Waals surface area contributed by atoms with E-state index in [9.17, 15) is 0 Å². The Morgan fingerprint density at radius 3 is 2.75 bits per heavy atom. The number of aliphatic imine (C=N–C) groups is 1. The van der Waals surface area contributed by atoms with Crippen molar-refractivity contribution < 1.29 is 9.47 Å². The van der Waals surface area contributed by atoms with E-state index in [4.69, 9.17) is 21.1 Å². The first kappa shape index (κ1) is 21.3. The van der Waals surface area contributed by atoms with Crippen LogP contribution in [0.5, 0.6) is 5.75 Å². The number of hydrogen-bond acceptors (Lipinski definition) is 3. The van der Waals surface area contributed by atoms with Crippen LogP contribution in [-0.4, -0.2) is 56.9 Å². The lowest BCUT2D eigenvalue weighted by atomic mass is 10.1. The van der Waals surface area contributed by atoms with Gasteiger partial charge >= 0.3 is 0 Å². The first-order valence-corrected chi connectivity index (χ1v) is 8.56. The van der Waals surface area contributed by atoms with Crippen LogP contribution in [0.15, 0.2) is 29.3 Å². The largest absolute Gasteiger partial charge is 0.492 e. The van der Waals surface area contributed by atoms with E-state index >= 15 is 0 Å². The molecule has 1 aromatic carbocycles. The smallest absolute Gasteiger partial charge is 0.193 e. The van der Waals surface area contributed by atoms with Crippen LogP contribution in [0, 0.1) is 0 Å². The maximum Gasteiger partial charge on any atom is 0.193 e. The number of likely N-dealkylation sites (tertiary alicyclic amines) is 1. The number of nitrogens with one attached hydrogen (secondary N) is 1. The number of rotatable bonds is 6. The van der Waals surface area contributed by atoms with Gasteiger partial charge in [-0.1, -0.05) is 17.7 Å². The molecule has 1 aromatic rings. The van der Waals surface area contributed by atoms with Crippen LogP contribution in [0.4, 0.5) is 0 Å². The van der Waals surface area contributed by atoms with Gasteiger partial charge in [0.15, 0.2) is 5.96 Å². The van der Waals surface area contributed by atoms with Crippen molar-refractivity contribution in [2.75, 3.05) is 39.9 Å². The van der Waals surface area contributed by atoms with Crippen molar-refractivity contribution in [3.63, 3.8) is 0 Å². The van der Waals surface area contributed by atoms with E-state index in [-0.39, 0.29) is 24.0 Å². The number of guanidine groups is 1. The summed E-state index contributed by atoms with van der Waals surface area (Å²) in [7, 11) is 1.81. The number of benzene rings is 1. The van der Waals surface area contributed by atoms with Crippen molar-refractivity contribution in [3.05, 3.63) is 29.3 Å². The molecular weight excluding hydrogens is 441 g/mol. The maximum atomic E-state index is 5.93. The Balaban J connectivity index is 0.00000288. The van der Waals surface area contributed by atoms with E-state index in [1.165, 1.54) is 0 Å². The topological polar surface area (TPSA) is 46.1 Å². The van der Waals surface area contributed by atoms with Gasteiger partial charge in [0, 0.05) is 31.8 Å². The van der Waals surface area contributed by atoms with Crippen molar-refractivity contribution in [2.24, 2.45) is 4.99 Å². The Kier molecular flexibility index (Phi) is 10.4. The fourth-order valence-corrected chi connectivity index (χ4v) is 2.87. The third-order valence-electron chi connectivity index (χ3n) is 3.81. The molecule has 0 radical (unpaired) electrons. The zero-order chi connectivity index (χ0) is 16.5. The highest BCUT2D eigenvalue weighted by Gasteiger charge is 2.21. The van der Waals surface area contributed by atoms with Gasteiger partial charge in [-0.25, -0.2) is 0 Å². The van der Waals surface area contributed by atoms with E-state index in [2.05, 4.69) is 15.2 Å². The summed E-state index contributed by atoms with van der Waals surface area (Å²) in [5.41, 5.74) is 0. The molecule has 0 bridgehead atoms. The minimum atomic E-state index is 0. The van der Waals surface area contributed by atoms with Gasteiger partial charge < -0.3 is 19.7 Å². The van der Waals surface area contributed by atoms with Crippen molar-refractivity contribution in [2.45, 2.75) is 25.9 Å². The summed E-state index contributed by atoms with van der Waals surface area (Å²) < 4.78 is 11.4. The molecule has 0 aliphatic carbocycles. The molecule has 136 valence electrons. The highest BCUT2D eigenvalue weighted by Crippen LogP contribution is 2.17. The monoisotopic (exact) mass is 467 g/mol. The number of piperidine rings is 1. The molecule has 1 fully saturated rings. The summed E-state index contributed by atoms with van der Waals surface area (Å²) in [5, 5.41) is 4.03. The van der Waals surface area contributed by atoms with Crippen LogP contribution < -0.4 is 10.1 Å². The molecule has 0 aromatic heterocycles. The molecule has 1 heterocycles. The van der Waals surface area contributed by atoms with E-state index in [0.29, 0.717) is 24.3 Å². The third-order valence-corrected chi connectivity index (χ3v) is 4.04. The van der Waals surface area contributed by atoms with Crippen LogP contribution in [0.2, 0.25) is 5.02 Å². The molecule has 1 aliphatic heterocycles. The Morgan fingerprint density at radius 2 is 2.12 bits per heavy atom. The molecule has 1 aliphatic rings. The maximum absolute atomic E-state index is 5.93. The first-order chi connectivity index (χ1) is 11.2. The van der Waals surface area contributed by atoms with Crippen LogP contribution in [-0.2, 0) is 4.74 Å². The van der Waals surface area contributed by atoms with Crippen LogP contribution in [0.25, 0.3) is 0 Å². The summed E-state index contributed by atoms with van der Waals surface area (Å²) in [6.07, 6.45) is 2.49. The Hall–Kier alpha value is -0.730. The molecule has 0 amide bonds. The lowest BCUT2D eigenvalue weighted by Crippen LogP contribution is -2.47. The minimum Gasteiger partial charge on any atom is -0.492 e. The summed E-state index contributed by atoms with van der Waals surface area (Å²) in [5.74, 6) is 1.71. The van der Waals surface area contributed by atoms with Crippen LogP contribution >= 0.6 is 35.6 Å². The van der Waals surface area contributed by atoms with E-state index in [0.717, 1.165) is 44.2 Å². The molecule has 2 rings (SSSR count). The van der Waals surface area contributed by atoms with Gasteiger partial charge in [0.2, 0.25) is 0 Å². The van der Waals surface area contributed by atoms with Crippen molar-refractivity contribution >= 4 is 41.5 Å². The van der Waals surface area contributed by atoms with Crippen LogP contribution in [0.3, 0.4) is 0 Å². The molecule has 1 saturated heterocycles. The van der Waals surface area contributed by atoms with Gasteiger partial charge in [-0.3, -0.25) is 4.99 Å². The predicted molar refractivity (Wildman–Crippen MR) is 110 cm³/mol. The average molecular weight is 468 g/mol. The van der Waals surface area contributed by atoms with Gasteiger partial charge in [-0.05, 0) is 38.0 Å². The zero-order valence-electron chi connectivity index (χ0n) is 14.3. The highest BCUT2D eigenvalue weighted by molar-refractivity contribution is 14.0. The second-order valence-electron chi connectivity index (χ2n) is 5.42. The number of hydrogen-bond donors (Lipinski definition) is 1. The SMILES string of the molecule is CCOC1CCN(C(=NC)NCCOc2cccc(Cl)c2)CC1.I. The minimum absolute atomic E-state index is 0. The van der Waals surface area contributed by atoms with E-state index < -0.39 is 0 Å². The summed E-state index contributed by atoms with van der Waals surface area (Å²) >= 11 is 5.93. The second kappa shape index (κ2) is 11.8. The molecule has 1 N–H and O–H groups in total. The molecule has 0 unspecified atom stereocenters. The van der Waals surface area contributed by atoms with Gasteiger partial charge in [0.25, 0.3) is 0 Å². The number of ether oxygens (including phenoxy) is 2. The predicted octanol–water partition coefficient (Wildman–Crippen LogP) is 3.41. The molecular formula is C17H27ClIN3O2. The second-order valence-corrected chi connectivity index (χ2v) is 5.86. The molecule has 0 spiro atoms. The lowest BCUT2D eigenvalue weighted by molar-refractivity contribution is 0.0263. The van der Waals surface area contributed by atoms with E-state index in [1.807, 2.05) is 38.2 Å². The fourth-order valence-electron chi connectivity index (χ4n) is 2.69. The fraction of sp³-hybridized carbons (Fsp3) is 0.588. The molecule has 0 saturated carbocycles. The average Bonchev–Trinajstić information content (AvgIpc) is 2.56. The van der Waals surface area contributed by atoms with Gasteiger partial charge in [-0.2, -0.15) is 0 Å². The standard InChI is InChI=1S/C17H26ClN3O2.HI/c1-3-22-15-7-10-21(11-8-15)17(19-2)20-9-12-23-16-6-4-5-14(18)13-16;/h4-6,13,15H,3,7-12H2,1-2H3,(H,19,20);1H. The number of halogens is 2. The lowest BCUT2D eigenvalue weighted by Gasteiger charge is -2.34. The Morgan fingerprint density at radius 1 is 1.38 bits per heavy atom. The third kappa shape index (κ3) is 7.03. The summed E-state index contributed by atoms with van der Waals surface area (Å²) in [6.45, 7) is 6.05. The number of nitrogens with zero attached hydrogens (tertiary/aromatic N) is 2. The van der Waals surface area contributed by atoms with Gasteiger partial charge in [0.05, 0.1) is 12.6 Å². The summed E-state index contributed by atoms with van der Waals surface area (Å²) in [6, 6.07) is 7.43. The van der Waals surface area contributed by atoms with Crippen molar-refractivity contribution in [3.8, 4) is 5.75 Å². The van der Waals surface area contributed by atoms with E-state index in [1.54, 1.807) is 0 Å². The first-order valence-electron chi connectivity index (χ1n) is 8.18. The highest BCUT2D eigenvalue weighted by atomic mass is 127. The Labute approximate surface area is 166 Å². The Bertz CT molecular complexity index is 508. The van der Waals surface area contributed by atoms with Crippen LogP contribution in [0.1, 0.15) is 19.8 Å². The van der Waals surface area contributed by atoms with Crippen molar-refractivity contribution in [1.82, 2.24) is 10.2 Å². The summed E-state index contributed by atoms with van der Waals surface area (Å²) in [4.78, 5) is 6.63. The van der Waals surface area contributed by atoms with Crippen molar-refractivity contribution in [1.29, 1.82) is 0 Å². The normalized spacial score (nSPS) is 15.8.